The first-order chi connectivity index (χ1) is 5.38. The summed E-state index contributed by atoms with van der Waals surface area (Å²) < 4.78 is 0. The molecular weight excluding hydrogens is 134 g/mol. The first kappa shape index (κ1) is 8.59. The molecular formula is C10H17N. The fourth-order valence-corrected chi connectivity index (χ4v) is 2.19. The van der Waals surface area contributed by atoms with Crippen LogP contribution in [0.4, 0.5) is 0 Å². The van der Waals surface area contributed by atoms with Gasteiger partial charge in [-0.15, -0.1) is 0 Å². The lowest BCUT2D eigenvalue weighted by Gasteiger charge is -2.18. The average Bonchev–Trinajstić information content (AvgIpc) is 2.52. The highest BCUT2D eigenvalue weighted by molar-refractivity contribution is 4.82. The summed E-state index contributed by atoms with van der Waals surface area (Å²) in [6.07, 6.45) is 7.51. The first-order valence-corrected chi connectivity index (χ1v) is 4.75. The molecule has 62 valence electrons. The molecule has 0 aromatic heterocycles. The van der Waals surface area contributed by atoms with E-state index in [2.05, 4.69) is 13.0 Å². The molecule has 0 heterocycles. The molecule has 1 aliphatic carbocycles. The molecule has 0 radical (unpaired) electrons. The number of rotatable bonds is 3. The van der Waals surface area contributed by atoms with E-state index in [9.17, 15) is 0 Å². The van der Waals surface area contributed by atoms with Crippen LogP contribution in [0.2, 0.25) is 0 Å². The number of hydrogen-bond donors (Lipinski definition) is 0. The van der Waals surface area contributed by atoms with E-state index in [1.54, 1.807) is 0 Å². The van der Waals surface area contributed by atoms with Crippen molar-refractivity contribution in [3.63, 3.8) is 0 Å². The van der Waals surface area contributed by atoms with Crippen LogP contribution >= 0.6 is 0 Å². The zero-order valence-corrected chi connectivity index (χ0v) is 7.34. The normalized spacial score (nSPS) is 21.5. The summed E-state index contributed by atoms with van der Waals surface area (Å²) >= 11 is 0. The molecule has 0 amide bonds. The van der Waals surface area contributed by atoms with E-state index >= 15 is 0 Å². The molecule has 0 aromatic carbocycles. The summed E-state index contributed by atoms with van der Waals surface area (Å²) in [6, 6.07) is 2.30. The molecule has 0 spiro atoms. The minimum Gasteiger partial charge on any atom is -0.198 e. The van der Waals surface area contributed by atoms with Crippen molar-refractivity contribution < 1.29 is 0 Å². The van der Waals surface area contributed by atoms with Gasteiger partial charge in [-0.3, -0.25) is 0 Å². The molecule has 1 unspecified atom stereocenters. The molecule has 1 nitrogen and oxygen atoms in total. The summed E-state index contributed by atoms with van der Waals surface area (Å²) in [7, 11) is 0. The molecule has 1 fully saturated rings. The van der Waals surface area contributed by atoms with E-state index in [-0.39, 0.29) is 0 Å². The SMILES string of the molecule is CCC(CC#N)C1CCCC1. The lowest BCUT2D eigenvalue weighted by atomic mass is 9.87. The Morgan fingerprint density at radius 3 is 2.55 bits per heavy atom. The Bertz CT molecular complexity index is 139. The van der Waals surface area contributed by atoms with Gasteiger partial charge in [-0.2, -0.15) is 5.26 Å². The van der Waals surface area contributed by atoms with Crippen molar-refractivity contribution in [2.24, 2.45) is 11.8 Å². The second kappa shape index (κ2) is 4.38. The second-order valence-corrected chi connectivity index (χ2v) is 3.58. The second-order valence-electron chi connectivity index (χ2n) is 3.58. The maximum Gasteiger partial charge on any atom is 0.0624 e. The fraction of sp³-hybridized carbons (Fsp3) is 0.900. The number of nitriles is 1. The topological polar surface area (TPSA) is 23.8 Å². The molecule has 0 aliphatic heterocycles. The standard InChI is InChI=1S/C10H17N/c1-2-9(7-8-11)10-5-3-4-6-10/h9-10H,2-7H2,1H3. The molecule has 0 saturated heterocycles. The van der Waals surface area contributed by atoms with E-state index < -0.39 is 0 Å². The monoisotopic (exact) mass is 151 g/mol. The van der Waals surface area contributed by atoms with Crippen LogP contribution in [-0.2, 0) is 0 Å². The van der Waals surface area contributed by atoms with Crippen LogP contribution in [0.1, 0.15) is 45.4 Å². The summed E-state index contributed by atoms with van der Waals surface area (Å²) in [6.45, 7) is 2.21. The van der Waals surface area contributed by atoms with Crippen molar-refractivity contribution in [2.75, 3.05) is 0 Å². The van der Waals surface area contributed by atoms with Crippen LogP contribution in [0.15, 0.2) is 0 Å². The highest BCUT2D eigenvalue weighted by Gasteiger charge is 2.22. The molecule has 11 heavy (non-hydrogen) atoms. The molecule has 1 rings (SSSR count). The Morgan fingerprint density at radius 1 is 1.45 bits per heavy atom. The maximum absolute atomic E-state index is 8.58. The number of nitrogens with zero attached hydrogens (tertiary/aromatic N) is 1. The predicted octanol–water partition coefficient (Wildman–Crippen LogP) is 3.12. The van der Waals surface area contributed by atoms with Crippen LogP contribution < -0.4 is 0 Å². The molecule has 1 aliphatic rings. The molecule has 1 saturated carbocycles. The highest BCUT2D eigenvalue weighted by atomic mass is 14.3. The lowest BCUT2D eigenvalue weighted by molar-refractivity contribution is 0.334. The third-order valence-electron chi connectivity index (χ3n) is 2.94. The van der Waals surface area contributed by atoms with Crippen molar-refractivity contribution in [2.45, 2.75) is 45.4 Å². The van der Waals surface area contributed by atoms with E-state index in [1.165, 1.54) is 32.1 Å². The Labute approximate surface area is 69.4 Å². The quantitative estimate of drug-likeness (QED) is 0.608. The predicted molar refractivity (Wildman–Crippen MR) is 46.0 cm³/mol. The van der Waals surface area contributed by atoms with Crippen molar-refractivity contribution in [1.29, 1.82) is 5.26 Å². The van der Waals surface area contributed by atoms with Gasteiger partial charge in [-0.25, -0.2) is 0 Å². The third kappa shape index (κ3) is 2.22. The Hall–Kier alpha value is -0.510. The van der Waals surface area contributed by atoms with E-state index in [4.69, 9.17) is 5.26 Å². The first-order valence-electron chi connectivity index (χ1n) is 4.75. The molecule has 1 atom stereocenters. The van der Waals surface area contributed by atoms with Crippen LogP contribution in [0, 0.1) is 23.2 Å². The smallest absolute Gasteiger partial charge is 0.0624 e. The average molecular weight is 151 g/mol. The van der Waals surface area contributed by atoms with Crippen molar-refractivity contribution in [1.82, 2.24) is 0 Å². The summed E-state index contributed by atoms with van der Waals surface area (Å²) in [5.74, 6) is 1.57. The van der Waals surface area contributed by atoms with Crippen molar-refractivity contribution >= 4 is 0 Å². The zero-order chi connectivity index (χ0) is 8.10. The summed E-state index contributed by atoms with van der Waals surface area (Å²) in [5, 5.41) is 8.58. The van der Waals surface area contributed by atoms with Crippen LogP contribution in [-0.4, -0.2) is 0 Å². The van der Waals surface area contributed by atoms with Crippen molar-refractivity contribution in [3.8, 4) is 6.07 Å². The van der Waals surface area contributed by atoms with Gasteiger partial charge in [0.2, 0.25) is 0 Å². The molecule has 0 bridgehead atoms. The van der Waals surface area contributed by atoms with Gasteiger partial charge in [0.1, 0.15) is 0 Å². The lowest BCUT2D eigenvalue weighted by Crippen LogP contribution is -2.09. The van der Waals surface area contributed by atoms with Crippen LogP contribution in [0.5, 0.6) is 0 Å². The van der Waals surface area contributed by atoms with Gasteiger partial charge >= 0.3 is 0 Å². The minimum atomic E-state index is 0.697. The Kier molecular flexibility index (Phi) is 3.42. The van der Waals surface area contributed by atoms with Crippen LogP contribution in [0.25, 0.3) is 0 Å². The maximum atomic E-state index is 8.58. The fourth-order valence-electron chi connectivity index (χ4n) is 2.19. The molecule has 1 heteroatoms. The number of hydrogen-bond acceptors (Lipinski definition) is 1. The van der Waals surface area contributed by atoms with E-state index in [0.29, 0.717) is 5.92 Å². The summed E-state index contributed by atoms with van der Waals surface area (Å²) in [4.78, 5) is 0. The minimum absolute atomic E-state index is 0.697. The van der Waals surface area contributed by atoms with Gasteiger partial charge < -0.3 is 0 Å². The highest BCUT2D eigenvalue weighted by Crippen LogP contribution is 2.34. The van der Waals surface area contributed by atoms with Gasteiger partial charge in [0.15, 0.2) is 0 Å². The van der Waals surface area contributed by atoms with Gasteiger partial charge in [-0.1, -0.05) is 39.0 Å². The van der Waals surface area contributed by atoms with Crippen molar-refractivity contribution in [3.05, 3.63) is 0 Å². The van der Waals surface area contributed by atoms with E-state index in [1.807, 2.05) is 0 Å². The Morgan fingerprint density at radius 2 is 2.09 bits per heavy atom. The Balaban J connectivity index is 2.34. The largest absolute Gasteiger partial charge is 0.198 e. The zero-order valence-electron chi connectivity index (χ0n) is 7.34. The molecule has 0 aromatic rings. The molecule has 0 N–H and O–H groups in total. The van der Waals surface area contributed by atoms with Crippen LogP contribution in [0.3, 0.4) is 0 Å². The van der Waals surface area contributed by atoms with Gasteiger partial charge in [-0.05, 0) is 11.8 Å². The third-order valence-corrected chi connectivity index (χ3v) is 2.94. The van der Waals surface area contributed by atoms with Gasteiger partial charge in [0.25, 0.3) is 0 Å². The van der Waals surface area contributed by atoms with Gasteiger partial charge in [0, 0.05) is 6.42 Å². The van der Waals surface area contributed by atoms with E-state index in [0.717, 1.165) is 12.3 Å². The summed E-state index contributed by atoms with van der Waals surface area (Å²) in [5.41, 5.74) is 0. The van der Waals surface area contributed by atoms with Gasteiger partial charge in [0.05, 0.1) is 6.07 Å².